The van der Waals surface area contributed by atoms with Crippen LogP contribution in [0.1, 0.15) is 0 Å². The van der Waals surface area contributed by atoms with Gasteiger partial charge in [-0.1, -0.05) is 6.07 Å². The Morgan fingerprint density at radius 3 is 2.26 bits per heavy atom. The van der Waals surface area contributed by atoms with Crippen molar-refractivity contribution in [1.82, 2.24) is 0 Å². The average molecular weight is 278 g/mol. The summed E-state index contributed by atoms with van der Waals surface area (Å²) in [6.45, 7) is 0. The van der Waals surface area contributed by atoms with Gasteiger partial charge in [-0.15, -0.1) is 0 Å². The van der Waals surface area contributed by atoms with Crippen LogP contribution < -0.4 is 16.2 Å². The van der Waals surface area contributed by atoms with Crippen LogP contribution in [0, 0.1) is 0 Å². The Morgan fingerprint density at radius 2 is 1.63 bits per heavy atom. The number of anilines is 2. The highest BCUT2D eigenvalue weighted by Gasteiger charge is 2.08. The summed E-state index contributed by atoms with van der Waals surface area (Å²) in [5.74, 6) is 0.921. The number of sulfone groups is 1. The van der Waals surface area contributed by atoms with Crippen LogP contribution in [0.25, 0.3) is 0 Å². The molecule has 0 aliphatic heterocycles. The number of rotatable bonds is 3. The maximum absolute atomic E-state index is 11.4. The Balaban J connectivity index is 2.31. The van der Waals surface area contributed by atoms with Gasteiger partial charge in [-0.3, -0.25) is 0 Å². The van der Waals surface area contributed by atoms with E-state index in [-0.39, 0.29) is 4.90 Å². The van der Waals surface area contributed by atoms with E-state index in [2.05, 4.69) is 0 Å². The lowest BCUT2D eigenvalue weighted by Gasteiger charge is -2.08. The number of hydrogen-bond donors (Lipinski definition) is 2. The van der Waals surface area contributed by atoms with Gasteiger partial charge < -0.3 is 16.2 Å². The average Bonchev–Trinajstić information content (AvgIpc) is 2.33. The topological polar surface area (TPSA) is 95.4 Å². The molecule has 5 nitrogen and oxygen atoms in total. The first-order chi connectivity index (χ1) is 8.86. The van der Waals surface area contributed by atoms with E-state index in [1.54, 1.807) is 30.3 Å². The van der Waals surface area contributed by atoms with E-state index < -0.39 is 9.84 Å². The summed E-state index contributed by atoms with van der Waals surface area (Å²) in [5, 5.41) is 0. The highest BCUT2D eigenvalue weighted by Crippen LogP contribution is 2.27. The Labute approximate surface area is 111 Å². The van der Waals surface area contributed by atoms with Gasteiger partial charge in [0.25, 0.3) is 0 Å². The third-order valence-electron chi connectivity index (χ3n) is 2.53. The smallest absolute Gasteiger partial charge is 0.175 e. The summed E-state index contributed by atoms with van der Waals surface area (Å²) in [6, 6.07) is 11.1. The van der Waals surface area contributed by atoms with Crippen molar-refractivity contribution in [3.8, 4) is 11.5 Å². The van der Waals surface area contributed by atoms with Crippen molar-refractivity contribution in [2.45, 2.75) is 4.90 Å². The molecule has 4 N–H and O–H groups in total. The number of hydrogen-bond acceptors (Lipinski definition) is 5. The van der Waals surface area contributed by atoms with E-state index >= 15 is 0 Å². The van der Waals surface area contributed by atoms with Gasteiger partial charge in [0, 0.05) is 12.3 Å². The molecule has 19 heavy (non-hydrogen) atoms. The Bertz CT molecular complexity index is 712. The fourth-order valence-electron chi connectivity index (χ4n) is 1.52. The van der Waals surface area contributed by atoms with Gasteiger partial charge in [-0.05, 0) is 30.3 Å². The molecule has 0 heterocycles. The molecular weight excluding hydrogens is 264 g/mol. The molecule has 0 bridgehead atoms. The van der Waals surface area contributed by atoms with Crippen molar-refractivity contribution in [2.24, 2.45) is 0 Å². The molecule has 0 aromatic heterocycles. The molecule has 0 saturated heterocycles. The van der Waals surface area contributed by atoms with E-state index in [4.69, 9.17) is 16.2 Å². The first-order valence-electron chi connectivity index (χ1n) is 5.49. The van der Waals surface area contributed by atoms with E-state index in [0.717, 1.165) is 6.26 Å². The number of ether oxygens (including phenoxy) is 1. The second-order valence-electron chi connectivity index (χ2n) is 4.14. The predicted octanol–water partition coefficient (Wildman–Crippen LogP) is 2.05. The summed E-state index contributed by atoms with van der Waals surface area (Å²) in [4.78, 5) is 0.202. The monoisotopic (exact) mass is 278 g/mol. The molecule has 0 radical (unpaired) electrons. The summed E-state index contributed by atoms with van der Waals surface area (Å²) >= 11 is 0. The fraction of sp³-hybridized carbons (Fsp3) is 0.0769. The molecule has 0 fully saturated rings. The van der Waals surface area contributed by atoms with Gasteiger partial charge in [0.2, 0.25) is 0 Å². The first kappa shape index (κ1) is 13.2. The molecule has 2 aromatic rings. The Kier molecular flexibility index (Phi) is 3.35. The second kappa shape index (κ2) is 4.81. The number of benzene rings is 2. The van der Waals surface area contributed by atoms with Crippen molar-refractivity contribution in [2.75, 3.05) is 17.7 Å². The third kappa shape index (κ3) is 3.17. The molecule has 2 rings (SSSR count). The molecule has 100 valence electrons. The maximum atomic E-state index is 11.4. The minimum absolute atomic E-state index is 0.202. The fourth-order valence-corrected chi connectivity index (χ4v) is 2.18. The second-order valence-corrected chi connectivity index (χ2v) is 6.16. The largest absolute Gasteiger partial charge is 0.457 e. The lowest BCUT2D eigenvalue weighted by molar-refractivity contribution is 0.481. The van der Waals surface area contributed by atoms with Crippen LogP contribution in [0.15, 0.2) is 47.4 Å². The molecule has 0 amide bonds. The highest BCUT2D eigenvalue weighted by atomic mass is 32.2. The van der Waals surface area contributed by atoms with Gasteiger partial charge in [0.1, 0.15) is 11.5 Å². The van der Waals surface area contributed by atoms with Gasteiger partial charge in [-0.2, -0.15) is 0 Å². The minimum Gasteiger partial charge on any atom is -0.457 e. The molecule has 0 atom stereocenters. The molecule has 0 aliphatic rings. The molecule has 0 aliphatic carbocycles. The Hall–Kier alpha value is -2.21. The number of nitrogen functional groups attached to an aromatic ring is 2. The lowest BCUT2D eigenvalue weighted by atomic mass is 10.2. The van der Waals surface area contributed by atoms with Crippen molar-refractivity contribution in [3.05, 3.63) is 42.5 Å². The van der Waals surface area contributed by atoms with Crippen molar-refractivity contribution >= 4 is 21.2 Å². The molecular formula is C13H14N2O3S. The van der Waals surface area contributed by atoms with E-state index in [0.29, 0.717) is 22.9 Å². The van der Waals surface area contributed by atoms with Gasteiger partial charge in [-0.25, -0.2) is 8.42 Å². The SMILES string of the molecule is CS(=O)(=O)c1cccc(Oc2ccc(N)c(N)c2)c1. The van der Waals surface area contributed by atoms with Crippen LogP contribution >= 0.6 is 0 Å². The van der Waals surface area contributed by atoms with Crippen LogP contribution in [-0.2, 0) is 9.84 Å². The van der Waals surface area contributed by atoms with Gasteiger partial charge >= 0.3 is 0 Å². The molecule has 0 spiro atoms. The van der Waals surface area contributed by atoms with Crippen molar-refractivity contribution in [3.63, 3.8) is 0 Å². The van der Waals surface area contributed by atoms with Crippen LogP contribution in [-0.4, -0.2) is 14.7 Å². The summed E-state index contributed by atoms with van der Waals surface area (Å²) in [6.07, 6.45) is 1.15. The number of nitrogens with two attached hydrogens (primary N) is 2. The van der Waals surface area contributed by atoms with Gasteiger partial charge in [0.15, 0.2) is 9.84 Å². The van der Waals surface area contributed by atoms with Crippen LogP contribution in [0.2, 0.25) is 0 Å². The molecule has 0 unspecified atom stereocenters. The maximum Gasteiger partial charge on any atom is 0.175 e. The van der Waals surface area contributed by atoms with Crippen LogP contribution in [0.3, 0.4) is 0 Å². The van der Waals surface area contributed by atoms with Crippen molar-refractivity contribution in [1.29, 1.82) is 0 Å². The third-order valence-corrected chi connectivity index (χ3v) is 3.64. The predicted molar refractivity (Wildman–Crippen MR) is 74.9 cm³/mol. The molecule has 2 aromatic carbocycles. The van der Waals surface area contributed by atoms with Crippen molar-refractivity contribution < 1.29 is 13.2 Å². The first-order valence-corrected chi connectivity index (χ1v) is 7.38. The summed E-state index contributed by atoms with van der Waals surface area (Å²) in [5.41, 5.74) is 12.2. The zero-order chi connectivity index (χ0) is 14.0. The van der Waals surface area contributed by atoms with Gasteiger partial charge in [0.05, 0.1) is 16.3 Å². The van der Waals surface area contributed by atoms with E-state index in [1.807, 2.05) is 0 Å². The quantitative estimate of drug-likeness (QED) is 0.838. The minimum atomic E-state index is -3.26. The van der Waals surface area contributed by atoms with Crippen LogP contribution in [0.4, 0.5) is 11.4 Å². The Morgan fingerprint density at radius 1 is 0.947 bits per heavy atom. The van der Waals surface area contributed by atoms with E-state index in [9.17, 15) is 8.42 Å². The molecule has 0 saturated carbocycles. The zero-order valence-corrected chi connectivity index (χ0v) is 11.1. The summed E-state index contributed by atoms with van der Waals surface area (Å²) in [7, 11) is -3.26. The highest BCUT2D eigenvalue weighted by molar-refractivity contribution is 7.90. The lowest BCUT2D eigenvalue weighted by Crippen LogP contribution is -1.97. The van der Waals surface area contributed by atoms with Crippen LogP contribution in [0.5, 0.6) is 11.5 Å². The van der Waals surface area contributed by atoms with E-state index in [1.165, 1.54) is 12.1 Å². The summed E-state index contributed by atoms with van der Waals surface area (Å²) < 4.78 is 28.4. The normalized spacial score (nSPS) is 11.2. The zero-order valence-electron chi connectivity index (χ0n) is 10.3. The standard InChI is InChI=1S/C13H14N2O3S/c1-19(16,17)11-4-2-3-9(7-11)18-10-5-6-12(14)13(15)8-10/h2-8H,14-15H2,1H3. The molecule has 6 heteroatoms.